The zero-order chi connectivity index (χ0) is 21.2. The predicted molar refractivity (Wildman–Crippen MR) is 111 cm³/mol. The first-order chi connectivity index (χ1) is 13.6. The van der Waals surface area contributed by atoms with E-state index in [-0.39, 0.29) is 23.7 Å². The Hall–Kier alpha value is -2.38. The molecule has 0 unspecified atom stereocenters. The molecule has 0 aliphatic carbocycles. The third kappa shape index (κ3) is 5.58. The zero-order valence-corrected chi connectivity index (χ0v) is 17.9. The van der Waals surface area contributed by atoms with Crippen molar-refractivity contribution in [1.82, 2.24) is 20.2 Å². The van der Waals surface area contributed by atoms with E-state index in [0.717, 1.165) is 5.56 Å². The molecule has 1 fully saturated rings. The summed E-state index contributed by atoms with van der Waals surface area (Å²) in [5.41, 5.74) is 0.968. The third-order valence-electron chi connectivity index (χ3n) is 4.29. The van der Waals surface area contributed by atoms with Crippen molar-refractivity contribution in [1.29, 1.82) is 0 Å². The molecule has 9 heteroatoms. The van der Waals surface area contributed by atoms with Crippen LogP contribution in [0.2, 0.25) is 10.0 Å². The van der Waals surface area contributed by atoms with E-state index >= 15 is 0 Å². The fraction of sp³-hybridized carbons (Fsp3) is 0.400. The first kappa shape index (κ1) is 21.3. The minimum Gasteiger partial charge on any atom is -0.444 e. The molecule has 0 radical (unpaired) electrons. The van der Waals surface area contributed by atoms with Crippen molar-refractivity contribution in [2.45, 2.75) is 38.8 Å². The van der Waals surface area contributed by atoms with Crippen molar-refractivity contribution in [2.24, 2.45) is 0 Å². The van der Waals surface area contributed by atoms with Crippen molar-refractivity contribution in [3.63, 3.8) is 0 Å². The SMILES string of the molecule is CC(C)(C)OC(=O)N1CC[C@H](NC(=O)c2cc(-c3ccc(Cl)c(Cl)c3)ncn2)C1. The van der Waals surface area contributed by atoms with Crippen LogP contribution in [0.25, 0.3) is 11.3 Å². The molecule has 2 aromatic rings. The fourth-order valence-corrected chi connectivity index (χ4v) is 3.22. The van der Waals surface area contributed by atoms with Crippen LogP contribution in [0.1, 0.15) is 37.7 Å². The summed E-state index contributed by atoms with van der Waals surface area (Å²) in [4.78, 5) is 34.7. The van der Waals surface area contributed by atoms with E-state index in [1.165, 1.54) is 6.33 Å². The number of nitrogens with one attached hydrogen (secondary N) is 1. The van der Waals surface area contributed by atoms with Crippen LogP contribution < -0.4 is 5.32 Å². The molecule has 1 aromatic carbocycles. The Morgan fingerprint density at radius 3 is 2.62 bits per heavy atom. The van der Waals surface area contributed by atoms with Gasteiger partial charge < -0.3 is 15.0 Å². The maximum atomic E-state index is 12.6. The van der Waals surface area contributed by atoms with Crippen molar-refractivity contribution in [3.05, 3.63) is 46.3 Å². The quantitative estimate of drug-likeness (QED) is 0.779. The standard InChI is InChI=1S/C20H22Cl2N4O3/c1-20(2,3)29-19(28)26-7-6-13(10-26)25-18(27)17-9-16(23-11-24-17)12-4-5-14(21)15(22)8-12/h4-5,8-9,11,13H,6-7,10H2,1-3H3,(H,25,27)/t13-/m0/s1. The molecule has 1 N–H and O–H groups in total. The second-order valence-electron chi connectivity index (χ2n) is 7.80. The van der Waals surface area contributed by atoms with Gasteiger partial charge in [-0.05, 0) is 45.4 Å². The molecule has 1 atom stereocenters. The smallest absolute Gasteiger partial charge is 0.410 e. The fourth-order valence-electron chi connectivity index (χ4n) is 2.92. The molecule has 2 amide bonds. The van der Waals surface area contributed by atoms with Gasteiger partial charge >= 0.3 is 6.09 Å². The van der Waals surface area contributed by atoms with E-state index in [4.69, 9.17) is 27.9 Å². The van der Waals surface area contributed by atoms with Gasteiger partial charge in [-0.3, -0.25) is 4.79 Å². The van der Waals surface area contributed by atoms with Crippen molar-refractivity contribution in [2.75, 3.05) is 13.1 Å². The minimum absolute atomic E-state index is 0.168. The normalized spacial score (nSPS) is 16.6. The summed E-state index contributed by atoms with van der Waals surface area (Å²) in [5.74, 6) is -0.329. The number of hydrogen-bond donors (Lipinski definition) is 1. The first-order valence-electron chi connectivity index (χ1n) is 9.18. The molecule has 0 saturated carbocycles. The minimum atomic E-state index is -0.555. The highest BCUT2D eigenvalue weighted by Gasteiger charge is 2.30. The average molecular weight is 437 g/mol. The molecule has 2 heterocycles. The number of halogens is 2. The highest BCUT2D eigenvalue weighted by molar-refractivity contribution is 6.42. The van der Waals surface area contributed by atoms with Gasteiger partial charge in [-0.15, -0.1) is 0 Å². The van der Waals surface area contributed by atoms with Crippen LogP contribution in [-0.4, -0.2) is 51.6 Å². The topological polar surface area (TPSA) is 84.4 Å². The number of hydrogen-bond acceptors (Lipinski definition) is 5. The molecule has 1 aromatic heterocycles. The van der Waals surface area contributed by atoms with E-state index in [0.29, 0.717) is 35.2 Å². The second kappa shape index (κ2) is 8.55. The van der Waals surface area contributed by atoms with Gasteiger partial charge in [0.25, 0.3) is 5.91 Å². The Kier molecular flexibility index (Phi) is 6.29. The average Bonchev–Trinajstić information content (AvgIpc) is 3.11. The Morgan fingerprint density at radius 2 is 1.93 bits per heavy atom. The van der Waals surface area contributed by atoms with Crippen LogP contribution in [0, 0.1) is 0 Å². The van der Waals surface area contributed by atoms with Crippen LogP contribution >= 0.6 is 23.2 Å². The van der Waals surface area contributed by atoms with Gasteiger partial charge in [0.15, 0.2) is 0 Å². The first-order valence-corrected chi connectivity index (χ1v) is 9.94. The number of carbonyl (C=O) groups is 2. The number of benzene rings is 1. The van der Waals surface area contributed by atoms with Gasteiger partial charge in [0.2, 0.25) is 0 Å². The largest absolute Gasteiger partial charge is 0.444 e. The van der Waals surface area contributed by atoms with Crippen molar-refractivity contribution < 1.29 is 14.3 Å². The molecular formula is C20H22Cl2N4O3. The van der Waals surface area contributed by atoms with E-state index in [9.17, 15) is 9.59 Å². The van der Waals surface area contributed by atoms with Crippen LogP contribution in [-0.2, 0) is 4.74 Å². The number of rotatable bonds is 3. The van der Waals surface area contributed by atoms with Gasteiger partial charge in [0.1, 0.15) is 17.6 Å². The summed E-state index contributed by atoms with van der Waals surface area (Å²) >= 11 is 12.0. The van der Waals surface area contributed by atoms with Gasteiger partial charge in [-0.25, -0.2) is 14.8 Å². The van der Waals surface area contributed by atoms with Gasteiger partial charge in [-0.2, -0.15) is 0 Å². The van der Waals surface area contributed by atoms with Crippen molar-refractivity contribution in [3.8, 4) is 11.3 Å². The monoisotopic (exact) mass is 436 g/mol. The summed E-state index contributed by atoms with van der Waals surface area (Å²) in [5, 5.41) is 3.76. The Morgan fingerprint density at radius 1 is 1.17 bits per heavy atom. The maximum Gasteiger partial charge on any atom is 0.410 e. The Balaban J connectivity index is 1.64. The Labute approximate surface area is 179 Å². The summed E-state index contributed by atoms with van der Waals surface area (Å²) < 4.78 is 5.38. The molecule has 1 aliphatic rings. The number of ether oxygens (including phenoxy) is 1. The van der Waals surface area contributed by atoms with Crippen LogP contribution in [0.3, 0.4) is 0 Å². The summed E-state index contributed by atoms with van der Waals surface area (Å²) in [7, 11) is 0. The van der Waals surface area contributed by atoms with Gasteiger partial charge in [-0.1, -0.05) is 29.3 Å². The third-order valence-corrected chi connectivity index (χ3v) is 5.03. The predicted octanol–water partition coefficient (Wildman–Crippen LogP) is 4.19. The number of aromatic nitrogens is 2. The van der Waals surface area contributed by atoms with Gasteiger partial charge in [0.05, 0.1) is 15.7 Å². The Bertz CT molecular complexity index is 930. The molecule has 1 aliphatic heterocycles. The van der Waals surface area contributed by atoms with Crippen LogP contribution in [0.5, 0.6) is 0 Å². The molecule has 0 spiro atoms. The molecule has 3 rings (SSSR count). The summed E-state index contributed by atoms with van der Waals surface area (Å²) in [6.45, 7) is 6.38. The lowest BCUT2D eigenvalue weighted by atomic mass is 10.1. The van der Waals surface area contributed by atoms with Crippen LogP contribution in [0.4, 0.5) is 4.79 Å². The second-order valence-corrected chi connectivity index (χ2v) is 8.62. The lowest BCUT2D eigenvalue weighted by Gasteiger charge is -2.24. The number of amides is 2. The van der Waals surface area contributed by atoms with Crippen LogP contribution in [0.15, 0.2) is 30.6 Å². The van der Waals surface area contributed by atoms with E-state index in [2.05, 4.69) is 15.3 Å². The van der Waals surface area contributed by atoms with Crippen molar-refractivity contribution >= 4 is 35.2 Å². The highest BCUT2D eigenvalue weighted by atomic mass is 35.5. The molecular weight excluding hydrogens is 415 g/mol. The van der Waals surface area contributed by atoms with E-state index < -0.39 is 5.60 Å². The highest BCUT2D eigenvalue weighted by Crippen LogP contribution is 2.27. The zero-order valence-electron chi connectivity index (χ0n) is 16.4. The number of carbonyl (C=O) groups excluding carboxylic acids is 2. The molecule has 0 bridgehead atoms. The lowest BCUT2D eigenvalue weighted by Crippen LogP contribution is -2.40. The lowest BCUT2D eigenvalue weighted by molar-refractivity contribution is 0.0290. The van der Waals surface area contributed by atoms with Gasteiger partial charge in [0, 0.05) is 24.7 Å². The number of likely N-dealkylation sites (tertiary alicyclic amines) is 1. The molecule has 7 nitrogen and oxygen atoms in total. The number of nitrogens with zero attached hydrogens (tertiary/aromatic N) is 3. The molecule has 1 saturated heterocycles. The maximum absolute atomic E-state index is 12.6. The van der Waals surface area contributed by atoms with E-state index in [1.54, 1.807) is 29.2 Å². The molecule has 29 heavy (non-hydrogen) atoms. The summed E-state index contributed by atoms with van der Waals surface area (Å²) in [6, 6.07) is 6.55. The molecule has 154 valence electrons. The van der Waals surface area contributed by atoms with E-state index in [1.807, 2.05) is 20.8 Å². The summed E-state index contributed by atoms with van der Waals surface area (Å²) in [6.07, 6.45) is 1.60.